The Hall–Kier alpha value is -2.86. The number of fused-ring (bicyclic) bond motifs is 3. The van der Waals surface area contributed by atoms with Crippen LogP contribution in [0.2, 0.25) is 0 Å². The SMILES string of the molecule is C[C@H]1[C@H](NC(=O)c2ccc(-c3cccc(-c4ncco4)c3)o2)C2CCN1CC2. The van der Waals surface area contributed by atoms with E-state index >= 15 is 0 Å². The molecule has 144 valence electrons. The van der Waals surface area contributed by atoms with Crippen LogP contribution in [0.15, 0.2) is 57.7 Å². The zero-order valence-electron chi connectivity index (χ0n) is 15.8. The Bertz CT molecular complexity index is 969. The quantitative estimate of drug-likeness (QED) is 0.748. The first-order valence-corrected chi connectivity index (χ1v) is 9.84. The van der Waals surface area contributed by atoms with E-state index in [1.54, 1.807) is 18.5 Å². The minimum atomic E-state index is -0.138. The first kappa shape index (κ1) is 17.3. The third kappa shape index (κ3) is 3.03. The van der Waals surface area contributed by atoms with Crippen molar-refractivity contribution in [2.75, 3.05) is 13.1 Å². The van der Waals surface area contributed by atoms with Crippen molar-refractivity contribution in [1.29, 1.82) is 0 Å². The third-order valence-corrected chi connectivity index (χ3v) is 6.13. The number of rotatable bonds is 4. The number of nitrogens with zero attached hydrogens (tertiary/aromatic N) is 2. The van der Waals surface area contributed by atoms with Crippen LogP contribution >= 0.6 is 0 Å². The van der Waals surface area contributed by atoms with Crippen molar-refractivity contribution in [3.05, 3.63) is 54.6 Å². The Morgan fingerprint density at radius 3 is 2.75 bits per heavy atom. The van der Waals surface area contributed by atoms with Gasteiger partial charge in [-0.2, -0.15) is 0 Å². The zero-order chi connectivity index (χ0) is 19.1. The molecule has 1 aromatic carbocycles. The molecule has 0 spiro atoms. The highest BCUT2D eigenvalue weighted by molar-refractivity contribution is 5.92. The highest BCUT2D eigenvalue weighted by atomic mass is 16.4. The van der Waals surface area contributed by atoms with Crippen LogP contribution in [-0.2, 0) is 0 Å². The van der Waals surface area contributed by atoms with E-state index in [0.717, 1.165) is 37.1 Å². The first-order chi connectivity index (χ1) is 13.7. The molecule has 1 N–H and O–H groups in total. The molecule has 5 heterocycles. The molecule has 6 nitrogen and oxygen atoms in total. The normalized spacial score (nSPS) is 26.3. The molecule has 3 aromatic rings. The maximum absolute atomic E-state index is 12.8. The number of carbonyl (C=O) groups excluding carboxylic acids is 1. The number of benzene rings is 1. The number of hydrogen-bond donors (Lipinski definition) is 1. The van der Waals surface area contributed by atoms with E-state index in [2.05, 4.69) is 22.1 Å². The van der Waals surface area contributed by atoms with Crippen LogP contribution in [0.3, 0.4) is 0 Å². The van der Waals surface area contributed by atoms with Gasteiger partial charge in [0.1, 0.15) is 12.0 Å². The van der Waals surface area contributed by atoms with Gasteiger partial charge in [0.2, 0.25) is 5.89 Å². The summed E-state index contributed by atoms with van der Waals surface area (Å²) < 4.78 is 11.2. The molecule has 3 aliphatic rings. The molecule has 2 aromatic heterocycles. The smallest absolute Gasteiger partial charge is 0.287 e. The number of piperidine rings is 3. The molecule has 3 saturated heterocycles. The van der Waals surface area contributed by atoms with Gasteiger partial charge in [0.25, 0.3) is 5.91 Å². The molecular weight excluding hydrogens is 354 g/mol. The summed E-state index contributed by atoms with van der Waals surface area (Å²) >= 11 is 0. The van der Waals surface area contributed by atoms with Gasteiger partial charge >= 0.3 is 0 Å². The lowest BCUT2D eigenvalue weighted by molar-refractivity contribution is 0.0211. The van der Waals surface area contributed by atoms with Crippen molar-refractivity contribution < 1.29 is 13.6 Å². The third-order valence-electron chi connectivity index (χ3n) is 6.13. The molecule has 6 rings (SSSR count). The first-order valence-electron chi connectivity index (χ1n) is 9.84. The van der Waals surface area contributed by atoms with Crippen molar-refractivity contribution in [1.82, 2.24) is 15.2 Å². The largest absolute Gasteiger partial charge is 0.451 e. The van der Waals surface area contributed by atoms with Gasteiger partial charge in [0, 0.05) is 23.2 Å². The van der Waals surface area contributed by atoms with E-state index in [9.17, 15) is 4.79 Å². The monoisotopic (exact) mass is 377 g/mol. The fourth-order valence-electron chi connectivity index (χ4n) is 4.55. The van der Waals surface area contributed by atoms with E-state index in [1.165, 1.54) is 0 Å². The molecule has 3 fully saturated rings. The minimum Gasteiger partial charge on any atom is -0.451 e. The summed E-state index contributed by atoms with van der Waals surface area (Å²) in [5.74, 6) is 1.99. The summed E-state index contributed by atoms with van der Waals surface area (Å²) in [4.78, 5) is 19.4. The molecule has 0 radical (unpaired) electrons. The summed E-state index contributed by atoms with van der Waals surface area (Å²) in [5, 5.41) is 3.22. The van der Waals surface area contributed by atoms with Gasteiger partial charge in [-0.3, -0.25) is 9.69 Å². The van der Waals surface area contributed by atoms with E-state index in [0.29, 0.717) is 29.4 Å². The highest BCUT2D eigenvalue weighted by Crippen LogP contribution is 2.32. The van der Waals surface area contributed by atoms with Gasteiger partial charge in [-0.25, -0.2) is 4.98 Å². The molecule has 2 bridgehead atoms. The van der Waals surface area contributed by atoms with Gasteiger partial charge in [-0.15, -0.1) is 0 Å². The summed E-state index contributed by atoms with van der Waals surface area (Å²) in [6, 6.07) is 11.9. The van der Waals surface area contributed by atoms with Crippen LogP contribution in [0, 0.1) is 5.92 Å². The predicted molar refractivity (Wildman–Crippen MR) is 105 cm³/mol. The van der Waals surface area contributed by atoms with Crippen LogP contribution < -0.4 is 5.32 Å². The van der Waals surface area contributed by atoms with E-state index in [-0.39, 0.29) is 11.9 Å². The number of hydrogen-bond acceptors (Lipinski definition) is 5. The Balaban J connectivity index is 1.34. The fourth-order valence-corrected chi connectivity index (χ4v) is 4.55. The number of amides is 1. The minimum absolute atomic E-state index is 0.138. The summed E-state index contributed by atoms with van der Waals surface area (Å²) in [6.45, 7) is 4.49. The molecule has 6 heteroatoms. The Labute approximate surface area is 163 Å². The number of aromatic nitrogens is 1. The lowest BCUT2D eigenvalue weighted by Gasteiger charge is -2.49. The van der Waals surface area contributed by atoms with Gasteiger partial charge in [-0.1, -0.05) is 12.1 Å². The second-order valence-corrected chi connectivity index (χ2v) is 7.70. The Morgan fingerprint density at radius 2 is 2.00 bits per heavy atom. The zero-order valence-corrected chi connectivity index (χ0v) is 15.8. The Kier molecular flexibility index (Phi) is 4.28. The standard InChI is InChI=1S/C22H23N3O3/c1-14-20(15-7-10-25(14)11-8-15)24-21(26)19-6-5-18(28-19)16-3-2-4-17(13-16)22-23-9-12-27-22/h2-6,9,12-15,20H,7-8,10-11H2,1H3,(H,24,26)/t14-,20-/m0/s1. The van der Waals surface area contributed by atoms with Crippen molar-refractivity contribution in [2.45, 2.75) is 31.8 Å². The molecule has 2 atom stereocenters. The average Bonchev–Trinajstić information content (AvgIpc) is 3.43. The Morgan fingerprint density at radius 1 is 1.18 bits per heavy atom. The summed E-state index contributed by atoms with van der Waals surface area (Å²) in [6.07, 6.45) is 5.48. The van der Waals surface area contributed by atoms with E-state index < -0.39 is 0 Å². The molecular formula is C22H23N3O3. The van der Waals surface area contributed by atoms with E-state index in [4.69, 9.17) is 8.83 Å². The highest BCUT2D eigenvalue weighted by Gasteiger charge is 2.40. The van der Waals surface area contributed by atoms with Gasteiger partial charge in [-0.05, 0) is 63.0 Å². The molecule has 3 aliphatic heterocycles. The maximum atomic E-state index is 12.8. The van der Waals surface area contributed by atoms with Crippen molar-refractivity contribution in [3.8, 4) is 22.8 Å². The van der Waals surface area contributed by atoms with Gasteiger partial charge in [0.05, 0.1) is 6.20 Å². The number of oxazole rings is 1. The van der Waals surface area contributed by atoms with Crippen molar-refractivity contribution in [2.24, 2.45) is 5.92 Å². The van der Waals surface area contributed by atoms with Crippen LogP contribution in [0.5, 0.6) is 0 Å². The molecule has 1 amide bonds. The van der Waals surface area contributed by atoms with Crippen molar-refractivity contribution >= 4 is 5.91 Å². The van der Waals surface area contributed by atoms with Crippen LogP contribution in [0.4, 0.5) is 0 Å². The lowest BCUT2D eigenvalue weighted by atomic mass is 9.79. The summed E-state index contributed by atoms with van der Waals surface area (Å²) in [7, 11) is 0. The maximum Gasteiger partial charge on any atom is 0.287 e. The second-order valence-electron chi connectivity index (χ2n) is 7.70. The van der Waals surface area contributed by atoms with E-state index in [1.807, 2.05) is 30.3 Å². The molecule has 0 aliphatic carbocycles. The lowest BCUT2D eigenvalue weighted by Crippen LogP contribution is -2.62. The van der Waals surface area contributed by atoms with Gasteiger partial charge < -0.3 is 14.2 Å². The molecule has 0 unspecified atom stereocenters. The topological polar surface area (TPSA) is 71.5 Å². The van der Waals surface area contributed by atoms with Crippen LogP contribution in [-0.4, -0.2) is 41.0 Å². The van der Waals surface area contributed by atoms with Crippen LogP contribution in [0.1, 0.15) is 30.3 Å². The molecule has 0 saturated carbocycles. The van der Waals surface area contributed by atoms with Crippen molar-refractivity contribution in [3.63, 3.8) is 0 Å². The van der Waals surface area contributed by atoms with Gasteiger partial charge in [0.15, 0.2) is 5.76 Å². The number of furan rings is 1. The predicted octanol–water partition coefficient (Wildman–Crippen LogP) is 3.81. The average molecular weight is 377 g/mol. The fraction of sp³-hybridized carbons (Fsp3) is 0.364. The molecule has 28 heavy (non-hydrogen) atoms. The second kappa shape index (κ2) is 6.95. The summed E-state index contributed by atoms with van der Waals surface area (Å²) in [5.41, 5.74) is 1.75. The van der Waals surface area contributed by atoms with Crippen LogP contribution in [0.25, 0.3) is 22.8 Å². The number of nitrogens with one attached hydrogen (secondary N) is 1. The number of carbonyl (C=O) groups is 1.